The minimum atomic E-state index is -1.04. The molecule has 26 heavy (non-hydrogen) atoms. The Morgan fingerprint density at radius 2 is 1.73 bits per heavy atom. The van der Waals surface area contributed by atoms with E-state index in [1.807, 2.05) is 39.8 Å². The molecule has 2 aliphatic rings. The summed E-state index contributed by atoms with van der Waals surface area (Å²) in [6.07, 6.45) is 4.90. The van der Waals surface area contributed by atoms with Gasteiger partial charge in [0.2, 0.25) is 0 Å². The first-order valence-electron chi connectivity index (χ1n) is 9.29. The Labute approximate surface area is 155 Å². The molecule has 4 nitrogen and oxygen atoms in total. The molecular formula is C20H28BFO4. The van der Waals surface area contributed by atoms with Crippen molar-refractivity contribution in [2.45, 2.75) is 70.2 Å². The summed E-state index contributed by atoms with van der Waals surface area (Å²) in [6.45, 7) is 7.77. The van der Waals surface area contributed by atoms with E-state index in [2.05, 4.69) is 0 Å². The molecule has 1 saturated heterocycles. The normalized spacial score (nSPS) is 24.1. The molecule has 1 aromatic carbocycles. The smallest absolute Gasteiger partial charge is 0.490 e. The lowest BCUT2D eigenvalue weighted by atomic mass is 9.86. The SMILES string of the molecule is CC1(C)OB(C(F)=Cc2ccccc2OCC2(O)CCCC2)OC1(C)C. The standard InChI is InChI=1S/C20H28BFO4/c1-18(2)19(3,4)26-21(25-18)17(22)13-15-9-5-6-10-16(15)24-14-20(23)11-7-8-12-20/h5-6,9-10,13,23H,7-8,11-12,14H2,1-4H3. The number of benzene rings is 1. The summed E-state index contributed by atoms with van der Waals surface area (Å²) < 4.78 is 32.1. The summed E-state index contributed by atoms with van der Waals surface area (Å²) in [5, 5.41) is 10.5. The fraction of sp³-hybridized carbons (Fsp3) is 0.600. The van der Waals surface area contributed by atoms with E-state index >= 15 is 0 Å². The summed E-state index contributed by atoms with van der Waals surface area (Å²) in [4.78, 5) is 0. The van der Waals surface area contributed by atoms with Crippen LogP contribution in [0.3, 0.4) is 0 Å². The molecule has 0 spiro atoms. The van der Waals surface area contributed by atoms with Gasteiger partial charge in [0, 0.05) is 5.56 Å². The van der Waals surface area contributed by atoms with Gasteiger partial charge >= 0.3 is 7.12 Å². The van der Waals surface area contributed by atoms with Crippen LogP contribution < -0.4 is 4.74 Å². The van der Waals surface area contributed by atoms with E-state index in [9.17, 15) is 9.50 Å². The minimum Gasteiger partial charge on any atom is -0.490 e. The lowest BCUT2D eigenvalue weighted by molar-refractivity contribution is 0.00135. The first kappa shape index (κ1) is 19.4. The van der Waals surface area contributed by atoms with Crippen molar-refractivity contribution in [3.05, 3.63) is 35.6 Å². The predicted octanol–water partition coefficient (Wildman–Crippen LogP) is 4.31. The number of rotatable bonds is 5. The molecule has 0 bridgehead atoms. The molecule has 1 saturated carbocycles. The topological polar surface area (TPSA) is 47.9 Å². The average Bonchev–Trinajstić information content (AvgIpc) is 3.08. The maximum Gasteiger partial charge on any atom is 0.525 e. The summed E-state index contributed by atoms with van der Waals surface area (Å²) >= 11 is 0. The molecular weight excluding hydrogens is 334 g/mol. The highest BCUT2D eigenvalue weighted by Gasteiger charge is 2.53. The molecule has 0 atom stereocenters. The maximum atomic E-state index is 14.8. The first-order chi connectivity index (χ1) is 12.1. The highest BCUT2D eigenvalue weighted by atomic mass is 19.1. The zero-order valence-corrected chi connectivity index (χ0v) is 16.0. The molecule has 0 radical (unpaired) electrons. The quantitative estimate of drug-likeness (QED) is 0.793. The van der Waals surface area contributed by atoms with Crippen LogP contribution in [0.5, 0.6) is 5.75 Å². The second kappa shape index (κ2) is 6.99. The van der Waals surface area contributed by atoms with Crippen molar-refractivity contribution >= 4 is 13.2 Å². The third kappa shape index (κ3) is 3.97. The molecule has 0 aromatic heterocycles. The van der Waals surface area contributed by atoms with Crippen LogP contribution in [0, 0.1) is 0 Å². The van der Waals surface area contributed by atoms with Gasteiger partial charge in [-0.15, -0.1) is 0 Å². The molecule has 1 N–H and O–H groups in total. The molecule has 142 valence electrons. The maximum absolute atomic E-state index is 14.8. The Kier molecular flexibility index (Phi) is 5.21. The second-order valence-corrected chi connectivity index (χ2v) is 8.38. The van der Waals surface area contributed by atoms with E-state index in [-0.39, 0.29) is 6.61 Å². The van der Waals surface area contributed by atoms with Crippen LogP contribution in [-0.2, 0) is 9.31 Å². The Morgan fingerprint density at radius 3 is 2.35 bits per heavy atom. The Balaban J connectivity index is 1.74. The molecule has 0 amide bonds. The number of para-hydroxylation sites is 1. The number of hydrogen-bond acceptors (Lipinski definition) is 4. The Hall–Kier alpha value is -1.37. The largest absolute Gasteiger partial charge is 0.525 e. The zero-order chi connectivity index (χ0) is 19.0. The van der Waals surface area contributed by atoms with Gasteiger partial charge in [-0.1, -0.05) is 31.0 Å². The van der Waals surface area contributed by atoms with Gasteiger partial charge in [-0.3, -0.25) is 0 Å². The monoisotopic (exact) mass is 362 g/mol. The molecule has 1 heterocycles. The first-order valence-corrected chi connectivity index (χ1v) is 9.29. The molecule has 2 fully saturated rings. The van der Waals surface area contributed by atoms with Crippen molar-refractivity contribution in [1.29, 1.82) is 0 Å². The van der Waals surface area contributed by atoms with Gasteiger partial charge in [-0.25, -0.2) is 4.39 Å². The van der Waals surface area contributed by atoms with Crippen LogP contribution in [0.25, 0.3) is 6.08 Å². The molecule has 3 rings (SSSR count). The lowest BCUT2D eigenvalue weighted by Crippen LogP contribution is -2.41. The van der Waals surface area contributed by atoms with Crippen LogP contribution >= 0.6 is 0 Å². The van der Waals surface area contributed by atoms with Crippen LogP contribution in [-0.4, -0.2) is 35.6 Å². The fourth-order valence-corrected chi connectivity index (χ4v) is 3.29. The van der Waals surface area contributed by atoms with E-state index in [4.69, 9.17) is 14.0 Å². The van der Waals surface area contributed by atoms with Crippen molar-refractivity contribution in [3.8, 4) is 5.75 Å². The fourth-order valence-electron chi connectivity index (χ4n) is 3.29. The van der Waals surface area contributed by atoms with E-state index in [1.54, 1.807) is 12.1 Å². The van der Waals surface area contributed by atoms with Gasteiger partial charge in [0.1, 0.15) is 18.1 Å². The number of aliphatic hydroxyl groups is 1. The third-order valence-electron chi connectivity index (χ3n) is 5.72. The summed E-state index contributed by atoms with van der Waals surface area (Å²) in [5.41, 5.74) is -1.86. The van der Waals surface area contributed by atoms with Gasteiger partial charge in [0.25, 0.3) is 0 Å². The second-order valence-electron chi connectivity index (χ2n) is 8.38. The third-order valence-corrected chi connectivity index (χ3v) is 5.72. The van der Waals surface area contributed by atoms with E-state index < -0.39 is 29.6 Å². The van der Waals surface area contributed by atoms with Crippen molar-refractivity contribution in [1.82, 2.24) is 0 Å². The molecule has 1 aromatic rings. The zero-order valence-electron chi connectivity index (χ0n) is 16.0. The van der Waals surface area contributed by atoms with Crippen LogP contribution in [0.4, 0.5) is 4.39 Å². The minimum absolute atomic E-state index is 0.218. The van der Waals surface area contributed by atoms with Gasteiger partial charge in [-0.2, -0.15) is 0 Å². The van der Waals surface area contributed by atoms with Crippen molar-refractivity contribution in [2.24, 2.45) is 0 Å². The van der Waals surface area contributed by atoms with Gasteiger partial charge in [0.15, 0.2) is 0 Å². The predicted molar refractivity (Wildman–Crippen MR) is 101 cm³/mol. The highest BCUT2D eigenvalue weighted by molar-refractivity contribution is 6.54. The summed E-state index contributed by atoms with van der Waals surface area (Å²) in [7, 11) is -1.04. The number of halogens is 1. The average molecular weight is 362 g/mol. The highest BCUT2D eigenvalue weighted by Crippen LogP contribution is 2.39. The van der Waals surface area contributed by atoms with Gasteiger partial charge < -0.3 is 19.2 Å². The van der Waals surface area contributed by atoms with Crippen LogP contribution in [0.1, 0.15) is 58.9 Å². The lowest BCUT2D eigenvalue weighted by Gasteiger charge is -2.32. The van der Waals surface area contributed by atoms with Crippen molar-refractivity contribution < 1.29 is 23.5 Å². The summed E-state index contributed by atoms with van der Waals surface area (Å²) in [5.74, 6) is 0.541. The van der Waals surface area contributed by atoms with Crippen LogP contribution in [0.2, 0.25) is 0 Å². The molecule has 0 unspecified atom stereocenters. The van der Waals surface area contributed by atoms with Gasteiger partial charge in [-0.05, 0) is 52.7 Å². The van der Waals surface area contributed by atoms with E-state index in [1.165, 1.54) is 6.08 Å². The van der Waals surface area contributed by atoms with Gasteiger partial charge in [0.05, 0.1) is 16.8 Å². The molecule has 1 aliphatic carbocycles. The van der Waals surface area contributed by atoms with E-state index in [0.717, 1.165) is 25.7 Å². The Morgan fingerprint density at radius 1 is 1.15 bits per heavy atom. The number of ether oxygens (including phenoxy) is 1. The summed E-state index contributed by atoms with van der Waals surface area (Å²) in [6, 6.07) is 7.21. The van der Waals surface area contributed by atoms with Crippen molar-refractivity contribution in [2.75, 3.05) is 6.61 Å². The Bertz CT molecular complexity index is 664. The van der Waals surface area contributed by atoms with Crippen molar-refractivity contribution in [3.63, 3.8) is 0 Å². The van der Waals surface area contributed by atoms with Crippen LogP contribution in [0.15, 0.2) is 30.0 Å². The van der Waals surface area contributed by atoms with E-state index in [0.29, 0.717) is 11.3 Å². The number of hydrogen-bond donors (Lipinski definition) is 1. The molecule has 1 aliphatic heterocycles. The molecule has 6 heteroatoms.